The Balaban J connectivity index is 1.66. The van der Waals surface area contributed by atoms with Gasteiger partial charge in [-0.25, -0.2) is 4.79 Å². The van der Waals surface area contributed by atoms with Gasteiger partial charge in [-0.05, 0) is 55.2 Å². The Bertz CT molecular complexity index is 1210. The fourth-order valence-electron chi connectivity index (χ4n) is 4.47. The van der Waals surface area contributed by atoms with Crippen LogP contribution in [0.4, 0.5) is 0 Å². The van der Waals surface area contributed by atoms with Gasteiger partial charge in [0.25, 0.3) is 5.91 Å². The van der Waals surface area contributed by atoms with E-state index in [0.717, 1.165) is 31.2 Å². The van der Waals surface area contributed by atoms with Crippen molar-refractivity contribution in [2.24, 2.45) is 0 Å². The molecule has 0 bridgehead atoms. The maximum atomic E-state index is 12.7. The maximum absolute atomic E-state index is 12.7. The van der Waals surface area contributed by atoms with Crippen molar-refractivity contribution in [1.82, 2.24) is 21.4 Å². The monoisotopic (exact) mass is 640 g/mol. The number of hydrogen-bond acceptors (Lipinski definition) is 8. The quantitative estimate of drug-likeness (QED) is 0.113. The van der Waals surface area contributed by atoms with Crippen LogP contribution < -0.4 is 21.4 Å². The van der Waals surface area contributed by atoms with E-state index < -0.39 is 23.8 Å². The summed E-state index contributed by atoms with van der Waals surface area (Å²) in [5, 5.41) is 8.00. The summed E-state index contributed by atoms with van der Waals surface area (Å²) in [5.74, 6) is -2.20. The van der Waals surface area contributed by atoms with Crippen LogP contribution in [0.5, 0.6) is 0 Å². The average molecular weight is 641 g/mol. The number of hydroxylamine groups is 1. The molecule has 252 valence electrons. The first-order valence-electron chi connectivity index (χ1n) is 15.7. The Morgan fingerprint density at radius 3 is 1.91 bits per heavy atom. The third-order valence-corrected chi connectivity index (χ3v) is 7.03. The summed E-state index contributed by atoms with van der Waals surface area (Å²) in [7, 11) is 2.98. The van der Waals surface area contributed by atoms with E-state index >= 15 is 0 Å². The van der Waals surface area contributed by atoms with E-state index in [9.17, 15) is 24.0 Å². The summed E-state index contributed by atoms with van der Waals surface area (Å²) in [6.07, 6.45) is 5.07. The van der Waals surface area contributed by atoms with E-state index in [-0.39, 0.29) is 57.1 Å². The molecule has 4 amide bonds. The largest absolute Gasteiger partial charge is 0.384 e. The van der Waals surface area contributed by atoms with E-state index in [1.165, 1.54) is 25.3 Å². The average Bonchev–Trinajstić information content (AvgIpc) is 3.06. The summed E-state index contributed by atoms with van der Waals surface area (Å²) >= 11 is 0. The van der Waals surface area contributed by atoms with Gasteiger partial charge in [0.05, 0.1) is 26.1 Å². The highest BCUT2D eigenvalue weighted by molar-refractivity contribution is 5.88. The molecule has 2 aromatic carbocycles. The number of nitrogens with one attached hydrogen (secondary N) is 4. The molecule has 0 aliphatic rings. The fourth-order valence-corrected chi connectivity index (χ4v) is 4.47. The van der Waals surface area contributed by atoms with Gasteiger partial charge < -0.3 is 30.3 Å². The number of rotatable bonds is 22. The molecule has 0 heterocycles. The minimum atomic E-state index is -0.864. The molecule has 2 rings (SSSR count). The third kappa shape index (κ3) is 17.3. The first-order chi connectivity index (χ1) is 22.3. The summed E-state index contributed by atoms with van der Waals surface area (Å²) in [5.41, 5.74) is 5.49. The Kier molecular flexibility index (Phi) is 19.0. The molecule has 0 aromatic heterocycles. The van der Waals surface area contributed by atoms with Crippen molar-refractivity contribution in [3.05, 3.63) is 71.3 Å². The van der Waals surface area contributed by atoms with Crippen molar-refractivity contribution < 1.29 is 38.3 Å². The molecule has 0 aliphatic carbocycles. The lowest BCUT2D eigenvalue weighted by Gasteiger charge is -2.18. The van der Waals surface area contributed by atoms with Crippen LogP contribution in [0, 0.1) is 0 Å². The third-order valence-electron chi connectivity index (χ3n) is 7.03. The zero-order valence-electron chi connectivity index (χ0n) is 26.9. The number of carbonyl (C=O) groups is 5. The molecule has 1 atom stereocenters. The Morgan fingerprint density at radius 2 is 1.26 bits per heavy atom. The molecule has 0 saturated heterocycles. The number of amides is 4. The van der Waals surface area contributed by atoms with E-state index in [2.05, 4.69) is 45.7 Å². The van der Waals surface area contributed by atoms with Crippen LogP contribution in [-0.2, 0) is 57.5 Å². The van der Waals surface area contributed by atoms with Gasteiger partial charge in [0.1, 0.15) is 6.04 Å². The second-order valence-corrected chi connectivity index (χ2v) is 10.8. The van der Waals surface area contributed by atoms with Crippen LogP contribution in [0.1, 0.15) is 61.6 Å². The summed E-state index contributed by atoms with van der Waals surface area (Å²) in [6.45, 7) is 0.779. The highest BCUT2D eigenvalue weighted by Crippen LogP contribution is 2.11. The Hall–Kier alpha value is -4.29. The van der Waals surface area contributed by atoms with Crippen LogP contribution in [-0.4, -0.2) is 76.2 Å². The van der Waals surface area contributed by atoms with Gasteiger partial charge in [-0.2, -0.15) is 5.48 Å². The Morgan fingerprint density at radius 1 is 0.652 bits per heavy atom. The van der Waals surface area contributed by atoms with Crippen LogP contribution in [0.2, 0.25) is 0 Å². The van der Waals surface area contributed by atoms with Crippen molar-refractivity contribution >= 4 is 29.6 Å². The molecule has 2 aromatic rings. The van der Waals surface area contributed by atoms with Crippen LogP contribution >= 0.6 is 0 Å². The van der Waals surface area contributed by atoms with Gasteiger partial charge in [-0.1, -0.05) is 54.6 Å². The highest BCUT2D eigenvalue weighted by atomic mass is 16.7. The molecular weight excluding hydrogens is 592 g/mol. The van der Waals surface area contributed by atoms with Crippen LogP contribution in [0.25, 0.3) is 0 Å². The van der Waals surface area contributed by atoms with Gasteiger partial charge in [0.15, 0.2) is 0 Å². The number of hydrogen-bond donors (Lipinski definition) is 4. The van der Waals surface area contributed by atoms with Crippen molar-refractivity contribution in [3.63, 3.8) is 0 Å². The van der Waals surface area contributed by atoms with Gasteiger partial charge in [0.2, 0.25) is 17.7 Å². The zero-order valence-corrected chi connectivity index (χ0v) is 26.9. The molecule has 0 aliphatic heterocycles. The summed E-state index contributed by atoms with van der Waals surface area (Å²) in [4.78, 5) is 65.9. The normalized spacial score (nSPS) is 11.3. The molecule has 0 saturated carbocycles. The number of methoxy groups -OCH3 is 2. The van der Waals surface area contributed by atoms with E-state index in [1.807, 2.05) is 30.3 Å². The number of unbranched alkanes of at least 4 members (excludes halogenated alkanes) is 1. The number of aryl methyl sites for hydroxylation is 2. The van der Waals surface area contributed by atoms with Crippen LogP contribution in [0.3, 0.4) is 0 Å². The molecule has 46 heavy (non-hydrogen) atoms. The van der Waals surface area contributed by atoms with E-state index in [0.29, 0.717) is 19.6 Å². The Labute approximate surface area is 271 Å². The predicted octanol–water partition coefficient (Wildman–Crippen LogP) is 2.33. The van der Waals surface area contributed by atoms with Gasteiger partial charge >= 0.3 is 5.97 Å². The smallest absolute Gasteiger partial charge is 0.334 e. The first-order valence-corrected chi connectivity index (χ1v) is 15.7. The van der Waals surface area contributed by atoms with Crippen molar-refractivity contribution in [3.8, 4) is 0 Å². The van der Waals surface area contributed by atoms with Gasteiger partial charge in [0, 0.05) is 40.2 Å². The number of ether oxygens (including phenoxy) is 2. The summed E-state index contributed by atoms with van der Waals surface area (Å²) < 4.78 is 9.78. The van der Waals surface area contributed by atoms with Gasteiger partial charge in [-0.3, -0.25) is 19.2 Å². The molecular formula is C34H48N4O8. The minimum absolute atomic E-state index is 0.0512. The van der Waals surface area contributed by atoms with E-state index in [1.54, 1.807) is 0 Å². The number of carbonyl (C=O) groups excluding carboxylic acids is 5. The van der Waals surface area contributed by atoms with E-state index in [4.69, 9.17) is 14.3 Å². The van der Waals surface area contributed by atoms with Crippen molar-refractivity contribution in [1.29, 1.82) is 0 Å². The maximum Gasteiger partial charge on any atom is 0.334 e. The predicted molar refractivity (Wildman–Crippen MR) is 172 cm³/mol. The SMILES string of the molecule is COCCC(=O)NCCC[C@H](NC(=O)CCOC)C(=O)NCCC(=O)ONC(=O)Cc1ccc(CCCCc2ccccc2)cc1. The highest BCUT2D eigenvalue weighted by Gasteiger charge is 2.21. The lowest BCUT2D eigenvalue weighted by molar-refractivity contribution is -0.158. The molecule has 0 radical (unpaired) electrons. The standard InChI is InChI=1S/C34H48N4O8/c1-44-23-19-30(39)35-21-8-13-29(37-31(40)20-24-45-2)34(43)36-22-18-33(42)46-38-32(41)25-28-16-14-27(15-17-28)12-7-6-11-26-9-4-3-5-10-26/h3-5,9-10,14-17,29H,6-8,11-13,18-25H2,1-2H3,(H,35,39)(H,36,43)(H,37,40)(H,38,41)/t29-/m0/s1. The topological polar surface area (TPSA) is 161 Å². The molecule has 12 heteroatoms. The molecule has 0 unspecified atom stereocenters. The molecule has 0 spiro atoms. The lowest BCUT2D eigenvalue weighted by atomic mass is 10.0. The molecule has 12 nitrogen and oxygen atoms in total. The molecule has 4 N–H and O–H groups in total. The van der Waals surface area contributed by atoms with Crippen LogP contribution in [0.15, 0.2) is 54.6 Å². The number of benzene rings is 2. The second kappa shape index (κ2) is 23.1. The fraction of sp³-hybridized carbons (Fsp3) is 0.500. The molecule has 0 fully saturated rings. The van der Waals surface area contributed by atoms with Crippen molar-refractivity contribution in [2.45, 2.75) is 70.3 Å². The van der Waals surface area contributed by atoms with Gasteiger partial charge in [-0.15, -0.1) is 0 Å². The second-order valence-electron chi connectivity index (χ2n) is 10.8. The summed E-state index contributed by atoms with van der Waals surface area (Å²) in [6, 6.07) is 17.3. The zero-order chi connectivity index (χ0) is 33.4. The minimum Gasteiger partial charge on any atom is -0.384 e. The first kappa shape index (κ1) is 37.9. The lowest BCUT2D eigenvalue weighted by Crippen LogP contribution is -2.47. The van der Waals surface area contributed by atoms with Crippen molar-refractivity contribution in [2.75, 3.05) is 40.5 Å².